The third kappa shape index (κ3) is 5.70. The number of hydrogen-bond acceptors (Lipinski definition) is 8. The highest BCUT2D eigenvalue weighted by Gasteiger charge is 2.50. The Morgan fingerprint density at radius 2 is 1.96 bits per heavy atom. The Bertz CT molecular complexity index is 2370. The van der Waals surface area contributed by atoms with Crippen LogP contribution >= 0.6 is 11.6 Å². The molecular weight excluding hydrogens is 707 g/mol. The van der Waals surface area contributed by atoms with E-state index in [0.29, 0.717) is 36.7 Å². The van der Waals surface area contributed by atoms with E-state index in [4.69, 9.17) is 21.1 Å². The molecule has 8 rings (SSSR count). The van der Waals surface area contributed by atoms with Crippen molar-refractivity contribution in [2.45, 2.75) is 50.6 Å². The second-order valence-electron chi connectivity index (χ2n) is 13.1. The quantitative estimate of drug-likeness (QED) is 0.216. The number of carbonyl (C=O) groups excluding carboxylic acids is 2. The molecule has 270 valence electrons. The van der Waals surface area contributed by atoms with Gasteiger partial charge >= 0.3 is 6.18 Å². The Morgan fingerprint density at radius 3 is 2.67 bits per heavy atom. The number of carbonyl (C=O) groups is 2. The van der Waals surface area contributed by atoms with E-state index in [1.165, 1.54) is 6.07 Å². The van der Waals surface area contributed by atoms with Crippen molar-refractivity contribution < 1.29 is 37.3 Å². The van der Waals surface area contributed by atoms with Gasteiger partial charge in [0, 0.05) is 36.3 Å². The Morgan fingerprint density at radius 1 is 1.17 bits per heavy atom. The molecule has 0 radical (unpaired) electrons. The summed E-state index contributed by atoms with van der Waals surface area (Å²) in [6, 6.07) is 7.57. The third-order valence-corrected chi connectivity index (χ3v) is 10.2. The molecule has 1 fully saturated rings. The van der Waals surface area contributed by atoms with Gasteiger partial charge in [-0.15, -0.1) is 5.10 Å². The van der Waals surface area contributed by atoms with E-state index >= 15 is 0 Å². The van der Waals surface area contributed by atoms with Gasteiger partial charge in [-0.1, -0.05) is 17.7 Å². The number of fused-ring (bicyclic) bond motifs is 4. The number of rotatable bonds is 5. The molecule has 17 heteroatoms. The van der Waals surface area contributed by atoms with Gasteiger partial charge in [0.25, 0.3) is 11.5 Å². The molecule has 3 aromatic heterocycles. The maximum absolute atomic E-state index is 14.4. The van der Waals surface area contributed by atoms with Crippen LogP contribution in [0.2, 0.25) is 5.02 Å². The summed E-state index contributed by atoms with van der Waals surface area (Å²) in [7, 11) is 0. The summed E-state index contributed by atoms with van der Waals surface area (Å²) < 4.78 is 54.4. The zero-order valence-corrected chi connectivity index (χ0v) is 28.3. The van der Waals surface area contributed by atoms with Crippen LogP contribution in [0.25, 0.3) is 22.3 Å². The highest BCUT2D eigenvalue weighted by molar-refractivity contribution is 6.33. The summed E-state index contributed by atoms with van der Waals surface area (Å²) in [6.45, 7) is 2.55. The molecule has 0 aliphatic carbocycles. The lowest BCUT2D eigenvalue weighted by Crippen LogP contribution is -2.47. The monoisotopic (exact) mass is 737 g/mol. The number of phenols is 1. The Balaban J connectivity index is 1.15. The Kier molecular flexibility index (Phi) is 8.15. The number of aromatic amines is 1. The van der Waals surface area contributed by atoms with Crippen molar-refractivity contribution in [3.8, 4) is 5.75 Å². The number of halogens is 4. The van der Waals surface area contributed by atoms with Crippen LogP contribution in [-0.4, -0.2) is 72.3 Å². The first-order valence-electron chi connectivity index (χ1n) is 16.6. The second kappa shape index (κ2) is 12.5. The number of hydrogen-bond donors (Lipinski definition) is 3. The van der Waals surface area contributed by atoms with Crippen molar-refractivity contribution in [2.24, 2.45) is 0 Å². The lowest BCUT2D eigenvalue weighted by molar-refractivity contribution is -0.137. The SMILES string of the molecule is C[C@H]1OC2(CCN(C(=O)c3cc4cc[nH]c4cc3O)CC2)c2c1n(CC(=O)Nc1ccc(C(F)(F)F)cc1Cl)c1nc(C3=CCOCC3)nn1c2=O. The molecule has 13 nitrogen and oxygen atoms in total. The lowest BCUT2D eigenvalue weighted by Gasteiger charge is -2.39. The molecule has 3 aliphatic rings. The van der Waals surface area contributed by atoms with E-state index in [-0.39, 0.29) is 65.2 Å². The maximum atomic E-state index is 14.4. The Hall–Kier alpha value is -5.19. The fourth-order valence-electron chi connectivity index (χ4n) is 7.39. The molecule has 0 saturated carbocycles. The molecule has 1 saturated heterocycles. The molecule has 5 aromatic rings. The fourth-order valence-corrected chi connectivity index (χ4v) is 7.62. The van der Waals surface area contributed by atoms with Gasteiger partial charge in [-0.25, -0.2) is 0 Å². The fraction of sp³-hybridized carbons (Fsp3) is 0.343. The number of aromatic nitrogens is 5. The molecule has 1 spiro atoms. The Labute approximate surface area is 297 Å². The van der Waals surface area contributed by atoms with Crippen molar-refractivity contribution in [3.63, 3.8) is 0 Å². The summed E-state index contributed by atoms with van der Waals surface area (Å²) >= 11 is 6.14. The minimum atomic E-state index is -4.62. The van der Waals surface area contributed by atoms with Crippen LogP contribution in [0, 0.1) is 0 Å². The first-order chi connectivity index (χ1) is 24.8. The number of phenolic OH excluding ortho intramolecular Hbond substituents is 1. The number of likely N-dealkylation sites (tertiary alicyclic amines) is 1. The van der Waals surface area contributed by atoms with Gasteiger partial charge in [0.1, 0.15) is 17.9 Å². The highest BCUT2D eigenvalue weighted by Crippen LogP contribution is 2.48. The minimum Gasteiger partial charge on any atom is -0.507 e. The van der Waals surface area contributed by atoms with Gasteiger partial charge in [-0.05, 0) is 62.1 Å². The van der Waals surface area contributed by atoms with Crippen molar-refractivity contribution in [2.75, 3.05) is 31.6 Å². The van der Waals surface area contributed by atoms with Crippen molar-refractivity contribution in [3.05, 3.63) is 92.3 Å². The first-order valence-corrected chi connectivity index (χ1v) is 17.0. The summed E-state index contributed by atoms with van der Waals surface area (Å²) in [5.74, 6) is -0.781. The minimum absolute atomic E-state index is 0.0256. The molecule has 1 atom stereocenters. The average Bonchev–Trinajstić information content (AvgIpc) is 3.84. The van der Waals surface area contributed by atoms with Crippen molar-refractivity contribution in [1.29, 1.82) is 0 Å². The van der Waals surface area contributed by atoms with Crippen molar-refractivity contribution in [1.82, 2.24) is 29.0 Å². The molecule has 52 heavy (non-hydrogen) atoms. The number of piperidine rings is 1. The predicted octanol–water partition coefficient (Wildman–Crippen LogP) is 5.42. The normalized spacial score (nSPS) is 18.6. The van der Waals surface area contributed by atoms with Crippen molar-refractivity contribution >= 4 is 51.4 Å². The summed E-state index contributed by atoms with van der Waals surface area (Å²) in [5.41, 5.74) is -0.283. The van der Waals surface area contributed by atoms with Gasteiger partial charge < -0.3 is 34.3 Å². The van der Waals surface area contributed by atoms with E-state index in [1.807, 2.05) is 6.08 Å². The van der Waals surface area contributed by atoms with Gasteiger partial charge in [0.2, 0.25) is 11.7 Å². The number of nitrogens with zero attached hydrogens (tertiary/aromatic N) is 5. The van der Waals surface area contributed by atoms with E-state index in [9.17, 15) is 32.7 Å². The van der Waals surface area contributed by atoms with E-state index in [1.54, 1.807) is 34.7 Å². The first kappa shape index (κ1) is 33.9. The summed E-state index contributed by atoms with van der Waals surface area (Å²) in [6.07, 6.45) is -0.783. The highest BCUT2D eigenvalue weighted by atomic mass is 35.5. The predicted molar refractivity (Wildman–Crippen MR) is 182 cm³/mol. The van der Waals surface area contributed by atoms with Gasteiger partial charge in [-0.2, -0.15) is 22.7 Å². The molecule has 3 aliphatic heterocycles. The number of benzene rings is 2. The molecule has 2 aromatic carbocycles. The number of aromatic hydroxyl groups is 1. The lowest BCUT2D eigenvalue weighted by atomic mass is 9.85. The largest absolute Gasteiger partial charge is 0.507 e. The van der Waals surface area contributed by atoms with Crippen LogP contribution in [-0.2, 0) is 32.6 Å². The zero-order chi connectivity index (χ0) is 36.5. The van der Waals surface area contributed by atoms with E-state index in [2.05, 4.69) is 20.4 Å². The third-order valence-electron chi connectivity index (χ3n) is 9.91. The number of nitrogens with one attached hydrogen (secondary N) is 2. The maximum Gasteiger partial charge on any atom is 0.416 e. The number of H-pyrrole nitrogens is 1. The zero-order valence-electron chi connectivity index (χ0n) is 27.6. The average molecular weight is 738 g/mol. The van der Waals surface area contributed by atoms with Crippen LogP contribution in [0.4, 0.5) is 18.9 Å². The molecule has 6 heterocycles. The summed E-state index contributed by atoms with van der Waals surface area (Å²) in [5, 5.41) is 18.3. The van der Waals surface area contributed by atoms with Crippen LogP contribution in [0.1, 0.15) is 65.3 Å². The molecule has 3 N–H and O–H groups in total. The van der Waals surface area contributed by atoms with E-state index < -0.39 is 41.5 Å². The second-order valence-corrected chi connectivity index (χ2v) is 13.5. The van der Waals surface area contributed by atoms with Crippen LogP contribution in [0.5, 0.6) is 5.75 Å². The topological polar surface area (TPSA) is 156 Å². The van der Waals surface area contributed by atoms with Crippen LogP contribution in [0.15, 0.2) is 53.5 Å². The number of amides is 2. The van der Waals surface area contributed by atoms with Crippen LogP contribution in [0.3, 0.4) is 0 Å². The van der Waals surface area contributed by atoms with Gasteiger partial charge in [-0.3, -0.25) is 14.4 Å². The van der Waals surface area contributed by atoms with Gasteiger partial charge in [0.15, 0.2) is 5.82 Å². The standard InChI is InChI=1S/C35H31ClF3N7O6/c1-18-29-28(34(52-18)7-10-44(11-8-34)31(49)22-14-20-4-9-40-25(20)16-26(22)47)32(50)46-33(42-30(43-46)19-5-12-51-13-6-19)45(29)17-27(48)41-24-3-2-21(15-23(24)36)35(37,38)39/h2-5,9,14-16,18,40,47H,6-8,10-13,17H2,1H3,(H,41,48)/t18-/m1/s1. The number of alkyl halides is 3. The van der Waals surface area contributed by atoms with E-state index in [0.717, 1.165) is 33.7 Å². The molecule has 0 bridgehead atoms. The number of ether oxygens (including phenoxy) is 2. The van der Waals surface area contributed by atoms with Crippen LogP contribution < -0.4 is 10.9 Å². The van der Waals surface area contributed by atoms with Gasteiger partial charge in [0.05, 0.1) is 52.4 Å². The molecule has 0 unspecified atom stereocenters. The number of anilines is 1. The smallest absolute Gasteiger partial charge is 0.416 e. The molecule has 2 amide bonds. The summed E-state index contributed by atoms with van der Waals surface area (Å²) in [4.78, 5) is 50.9. The molecular formula is C35H31ClF3N7O6.